The van der Waals surface area contributed by atoms with Crippen LogP contribution in [-0.4, -0.2) is 34.2 Å². The van der Waals surface area contributed by atoms with Crippen LogP contribution in [0.25, 0.3) is 0 Å². The number of aromatic nitrogens is 2. The number of carbonyl (C=O) groups is 2. The number of hydrogen-bond donors (Lipinski definition) is 2. The zero-order valence-electron chi connectivity index (χ0n) is 14.2. The summed E-state index contributed by atoms with van der Waals surface area (Å²) >= 11 is 0. The number of hydrogen-bond acceptors (Lipinski definition) is 6. The van der Waals surface area contributed by atoms with E-state index in [1.165, 1.54) is 12.4 Å². The van der Waals surface area contributed by atoms with Gasteiger partial charge in [-0.1, -0.05) is 12.1 Å². The molecule has 0 spiro atoms. The van der Waals surface area contributed by atoms with Gasteiger partial charge in [0, 0.05) is 48.8 Å². The SMILES string of the molecule is O=C(CCCCC(=O)N/N=C\c1cccnc1)N/N=C\c1cccnc1. The van der Waals surface area contributed by atoms with Gasteiger partial charge in [0.05, 0.1) is 12.4 Å². The summed E-state index contributed by atoms with van der Waals surface area (Å²) < 4.78 is 0. The fourth-order valence-corrected chi connectivity index (χ4v) is 1.95. The molecule has 2 N–H and O–H groups in total. The molecule has 2 heterocycles. The number of nitrogens with one attached hydrogen (secondary N) is 2. The van der Waals surface area contributed by atoms with E-state index in [1.807, 2.05) is 12.1 Å². The summed E-state index contributed by atoms with van der Waals surface area (Å²) in [5.41, 5.74) is 6.49. The van der Waals surface area contributed by atoms with E-state index in [9.17, 15) is 9.59 Å². The molecule has 0 unspecified atom stereocenters. The second kappa shape index (κ2) is 11.2. The molecule has 2 aromatic rings. The van der Waals surface area contributed by atoms with Crippen LogP contribution in [0.15, 0.2) is 59.3 Å². The van der Waals surface area contributed by atoms with E-state index in [1.54, 1.807) is 36.9 Å². The normalized spacial score (nSPS) is 10.9. The Labute approximate surface area is 151 Å². The van der Waals surface area contributed by atoms with Gasteiger partial charge in [-0.25, -0.2) is 10.9 Å². The van der Waals surface area contributed by atoms with Crippen LogP contribution < -0.4 is 10.9 Å². The van der Waals surface area contributed by atoms with E-state index in [-0.39, 0.29) is 11.8 Å². The molecule has 134 valence electrons. The van der Waals surface area contributed by atoms with E-state index in [4.69, 9.17) is 0 Å². The van der Waals surface area contributed by atoms with Crippen molar-refractivity contribution in [2.75, 3.05) is 0 Å². The molecule has 0 aliphatic heterocycles. The average Bonchev–Trinajstić information content (AvgIpc) is 2.67. The van der Waals surface area contributed by atoms with Crippen molar-refractivity contribution < 1.29 is 9.59 Å². The first-order valence-electron chi connectivity index (χ1n) is 8.18. The molecule has 0 bridgehead atoms. The van der Waals surface area contributed by atoms with Crippen LogP contribution in [0.2, 0.25) is 0 Å². The van der Waals surface area contributed by atoms with Gasteiger partial charge in [-0.15, -0.1) is 0 Å². The van der Waals surface area contributed by atoms with Crippen LogP contribution in [0.1, 0.15) is 36.8 Å². The number of rotatable bonds is 9. The first-order valence-corrected chi connectivity index (χ1v) is 8.18. The van der Waals surface area contributed by atoms with Gasteiger partial charge in [-0.2, -0.15) is 10.2 Å². The minimum absolute atomic E-state index is 0.194. The molecular formula is C18H20N6O2. The summed E-state index contributed by atoms with van der Waals surface area (Å²) in [4.78, 5) is 31.2. The highest BCUT2D eigenvalue weighted by Crippen LogP contribution is 2.00. The molecule has 0 radical (unpaired) electrons. The second-order valence-electron chi connectivity index (χ2n) is 5.37. The Bertz CT molecular complexity index is 681. The maximum atomic E-state index is 11.6. The van der Waals surface area contributed by atoms with Crippen LogP contribution in [0.5, 0.6) is 0 Å². The first-order chi connectivity index (χ1) is 12.7. The highest BCUT2D eigenvalue weighted by atomic mass is 16.2. The number of amides is 2. The van der Waals surface area contributed by atoms with Gasteiger partial charge in [-0.3, -0.25) is 19.6 Å². The number of unbranched alkanes of at least 4 members (excludes halogenated alkanes) is 1. The standard InChI is InChI=1S/C18H20N6O2/c25-17(23-21-13-15-5-3-9-19-11-15)7-1-2-8-18(26)24-22-14-16-6-4-10-20-12-16/h3-6,9-14H,1-2,7-8H2,(H,23,25)(H,24,26)/b21-13-,22-14-. The van der Waals surface area contributed by atoms with Gasteiger partial charge in [0.2, 0.25) is 11.8 Å². The van der Waals surface area contributed by atoms with E-state index in [2.05, 4.69) is 31.0 Å². The van der Waals surface area contributed by atoms with Crippen molar-refractivity contribution in [3.8, 4) is 0 Å². The van der Waals surface area contributed by atoms with Gasteiger partial charge in [0.1, 0.15) is 0 Å². The Balaban J connectivity index is 1.55. The summed E-state index contributed by atoms with van der Waals surface area (Å²) in [7, 11) is 0. The van der Waals surface area contributed by atoms with Crippen molar-refractivity contribution in [3.05, 3.63) is 60.2 Å². The van der Waals surface area contributed by atoms with Crippen molar-refractivity contribution in [2.45, 2.75) is 25.7 Å². The highest BCUT2D eigenvalue weighted by molar-refractivity contribution is 5.82. The number of nitrogens with zero attached hydrogens (tertiary/aromatic N) is 4. The Morgan fingerprint density at radius 3 is 1.69 bits per heavy atom. The fourth-order valence-electron chi connectivity index (χ4n) is 1.95. The number of hydrazone groups is 2. The number of carbonyl (C=O) groups excluding carboxylic acids is 2. The summed E-state index contributed by atoms with van der Waals surface area (Å²) in [5.74, 6) is -0.389. The highest BCUT2D eigenvalue weighted by Gasteiger charge is 2.03. The van der Waals surface area contributed by atoms with Crippen LogP contribution in [0.4, 0.5) is 0 Å². The van der Waals surface area contributed by atoms with E-state index in [0.717, 1.165) is 11.1 Å². The molecule has 8 nitrogen and oxygen atoms in total. The second-order valence-corrected chi connectivity index (χ2v) is 5.37. The molecular weight excluding hydrogens is 332 g/mol. The minimum atomic E-state index is -0.194. The van der Waals surface area contributed by atoms with Crippen LogP contribution in [0, 0.1) is 0 Å². The molecule has 2 rings (SSSR count). The molecule has 0 fully saturated rings. The molecule has 0 aromatic carbocycles. The average molecular weight is 352 g/mol. The third-order valence-electron chi connectivity index (χ3n) is 3.23. The summed E-state index contributed by atoms with van der Waals surface area (Å²) in [5, 5.41) is 7.71. The van der Waals surface area contributed by atoms with Gasteiger partial charge < -0.3 is 0 Å². The van der Waals surface area contributed by atoms with Gasteiger partial charge in [0.25, 0.3) is 0 Å². The van der Waals surface area contributed by atoms with Gasteiger partial charge in [-0.05, 0) is 25.0 Å². The Morgan fingerprint density at radius 1 is 0.846 bits per heavy atom. The predicted octanol–water partition coefficient (Wildman–Crippen LogP) is 1.64. The van der Waals surface area contributed by atoms with Crippen LogP contribution >= 0.6 is 0 Å². The van der Waals surface area contributed by atoms with Crippen molar-refractivity contribution in [1.29, 1.82) is 0 Å². The molecule has 8 heteroatoms. The Hall–Kier alpha value is -3.42. The largest absolute Gasteiger partial charge is 0.273 e. The van der Waals surface area contributed by atoms with E-state index < -0.39 is 0 Å². The molecule has 0 atom stereocenters. The van der Waals surface area contributed by atoms with Gasteiger partial charge in [0.15, 0.2) is 0 Å². The van der Waals surface area contributed by atoms with Crippen molar-refractivity contribution >= 4 is 24.2 Å². The maximum absolute atomic E-state index is 11.6. The third kappa shape index (κ3) is 7.91. The van der Waals surface area contributed by atoms with Crippen molar-refractivity contribution in [3.63, 3.8) is 0 Å². The zero-order valence-corrected chi connectivity index (χ0v) is 14.2. The maximum Gasteiger partial charge on any atom is 0.240 e. The zero-order chi connectivity index (χ0) is 18.5. The third-order valence-corrected chi connectivity index (χ3v) is 3.23. The lowest BCUT2D eigenvalue weighted by molar-refractivity contribution is -0.123. The van der Waals surface area contributed by atoms with E-state index >= 15 is 0 Å². The summed E-state index contributed by atoms with van der Waals surface area (Å²) in [6.45, 7) is 0. The quantitative estimate of drug-likeness (QED) is 0.406. The molecule has 0 aliphatic rings. The Kier molecular flexibility index (Phi) is 8.14. The first kappa shape index (κ1) is 18.9. The molecule has 2 aromatic heterocycles. The van der Waals surface area contributed by atoms with Crippen LogP contribution in [-0.2, 0) is 9.59 Å². The van der Waals surface area contributed by atoms with Crippen LogP contribution in [0.3, 0.4) is 0 Å². The van der Waals surface area contributed by atoms with Crippen molar-refractivity contribution in [2.24, 2.45) is 10.2 Å². The smallest absolute Gasteiger partial charge is 0.240 e. The summed E-state index contributed by atoms with van der Waals surface area (Å²) in [6, 6.07) is 7.24. The lowest BCUT2D eigenvalue weighted by atomic mass is 10.2. The lowest BCUT2D eigenvalue weighted by Gasteiger charge is -2.01. The molecule has 0 aliphatic carbocycles. The topological polar surface area (TPSA) is 109 Å². The summed E-state index contributed by atoms with van der Waals surface area (Å²) in [6.07, 6.45) is 11.5. The molecule has 2 amide bonds. The molecule has 26 heavy (non-hydrogen) atoms. The van der Waals surface area contributed by atoms with Gasteiger partial charge >= 0.3 is 0 Å². The van der Waals surface area contributed by atoms with Crippen molar-refractivity contribution in [1.82, 2.24) is 20.8 Å². The minimum Gasteiger partial charge on any atom is -0.273 e. The lowest BCUT2D eigenvalue weighted by Crippen LogP contribution is -2.19. The Morgan fingerprint density at radius 2 is 1.31 bits per heavy atom. The number of pyridine rings is 2. The monoisotopic (exact) mass is 352 g/mol. The molecule has 0 saturated carbocycles. The van der Waals surface area contributed by atoms with E-state index in [0.29, 0.717) is 25.7 Å². The fraction of sp³-hybridized carbons (Fsp3) is 0.222. The molecule has 0 saturated heterocycles. The predicted molar refractivity (Wildman–Crippen MR) is 98.4 cm³/mol.